The molecule has 1 fully saturated rings. The highest BCUT2D eigenvalue weighted by Crippen LogP contribution is 2.31. The lowest BCUT2D eigenvalue weighted by molar-refractivity contribution is 0.0828. The fraction of sp³-hybridized carbons (Fsp3) is 1.00. The van der Waals surface area contributed by atoms with Gasteiger partial charge in [0.1, 0.15) is 0 Å². The van der Waals surface area contributed by atoms with Gasteiger partial charge in [-0.05, 0) is 50.5 Å². The van der Waals surface area contributed by atoms with E-state index in [1.54, 1.807) is 0 Å². The Hall–Kier alpha value is -0.0800. The van der Waals surface area contributed by atoms with E-state index in [2.05, 4.69) is 51.8 Å². The molecule has 3 atom stereocenters. The summed E-state index contributed by atoms with van der Waals surface area (Å²) in [5.41, 5.74) is 0.457. The molecule has 1 aliphatic rings. The molecule has 2 heteroatoms. The van der Waals surface area contributed by atoms with Crippen molar-refractivity contribution in [2.45, 2.75) is 79.3 Å². The Kier molecular flexibility index (Phi) is 6.82. The van der Waals surface area contributed by atoms with Crippen LogP contribution < -0.4 is 5.32 Å². The van der Waals surface area contributed by atoms with Crippen molar-refractivity contribution >= 4 is 0 Å². The van der Waals surface area contributed by atoms with E-state index < -0.39 is 0 Å². The second-order valence-corrected chi connectivity index (χ2v) is 7.73. The van der Waals surface area contributed by atoms with Gasteiger partial charge in [0.2, 0.25) is 0 Å². The lowest BCUT2D eigenvalue weighted by Gasteiger charge is -2.43. The third kappa shape index (κ3) is 6.27. The molecule has 1 saturated heterocycles. The fourth-order valence-corrected chi connectivity index (χ4v) is 3.37. The van der Waals surface area contributed by atoms with Crippen LogP contribution in [0.1, 0.15) is 67.2 Å². The van der Waals surface area contributed by atoms with Crippen molar-refractivity contribution < 1.29 is 0 Å². The molecular formula is C17H36N2. The highest BCUT2D eigenvalue weighted by Gasteiger charge is 2.31. The summed E-state index contributed by atoms with van der Waals surface area (Å²) in [4.78, 5) is 2.72. The van der Waals surface area contributed by atoms with Crippen LogP contribution in [0.5, 0.6) is 0 Å². The van der Waals surface area contributed by atoms with Gasteiger partial charge < -0.3 is 5.32 Å². The van der Waals surface area contributed by atoms with Gasteiger partial charge in [0, 0.05) is 25.2 Å². The van der Waals surface area contributed by atoms with Crippen LogP contribution in [0.3, 0.4) is 0 Å². The van der Waals surface area contributed by atoms with E-state index in [0.29, 0.717) is 11.5 Å². The summed E-state index contributed by atoms with van der Waals surface area (Å²) in [7, 11) is 0. The van der Waals surface area contributed by atoms with Crippen LogP contribution in [0.25, 0.3) is 0 Å². The van der Waals surface area contributed by atoms with Gasteiger partial charge in [-0.15, -0.1) is 0 Å². The molecule has 114 valence electrons. The second-order valence-electron chi connectivity index (χ2n) is 7.73. The molecule has 1 aliphatic heterocycles. The van der Waals surface area contributed by atoms with Crippen molar-refractivity contribution in [3.8, 4) is 0 Å². The number of hydrogen-bond donors (Lipinski definition) is 1. The number of likely N-dealkylation sites (tertiary alicyclic amines) is 1. The largest absolute Gasteiger partial charge is 0.313 e. The number of rotatable bonds is 6. The van der Waals surface area contributed by atoms with Crippen LogP contribution in [0.2, 0.25) is 0 Å². The highest BCUT2D eigenvalue weighted by atomic mass is 15.2. The molecule has 0 saturated carbocycles. The Morgan fingerprint density at radius 3 is 2.42 bits per heavy atom. The van der Waals surface area contributed by atoms with Gasteiger partial charge in [-0.1, -0.05) is 34.6 Å². The van der Waals surface area contributed by atoms with Crippen molar-refractivity contribution in [1.29, 1.82) is 0 Å². The fourth-order valence-electron chi connectivity index (χ4n) is 3.37. The second kappa shape index (κ2) is 7.64. The first kappa shape index (κ1) is 17.0. The van der Waals surface area contributed by atoms with Gasteiger partial charge in [-0.2, -0.15) is 0 Å². The van der Waals surface area contributed by atoms with Gasteiger partial charge in [0.25, 0.3) is 0 Å². The summed E-state index contributed by atoms with van der Waals surface area (Å²) < 4.78 is 0. The zero-order valence-corrected chi connectivity index (χ0v) is 14.1. The van der Waals surface area contributed by atoms with E-state index in [9.17, 15) is 0 Å². The molecule has 0 aromatic heterocycles. The predicted molar refractivity (Wildman–Crippen MR) is 85.6 cm³/mol. The summed E-state index contributed by atoms with van der Waals surface area (Å²) in [6, 6.07) is 1.43. The zero-order chi connectivity index (χ0) is 14.5. The minimum atomic E-state index is 0.457. The van der Waals surface area contributed by atoms with E-state index in [1.165, 1.54) is 45.3 Å². The molecule has 1 heterocycles. The Bertz CT molecular complexity index is 244. The lowest BCUT2D eigenvalue weighted by Crippen LogP contribution is -2.52. The quantitative estimate of drug-likeness (QED) is 0.785. The van der Waals surface area contributed by atoms with Crippen LogP contribution in [0.15, 0.2) is 0 Å². The van der Waals surface area contributed by atoms with Crippen LogP contribution in [-0.2, 0) is 0 Å². The number of hydrogen-bond acceptors (Lipinski definition) is 2. The molecule has 3 unspecified atom stereocenters. The van der Waals surface area contributed by atoms with Crippen molar-refractivity contribution in [3.05, 3.63) is 0 Å². The maximum absolute atomic E-state index is 3.75. The Balaban J connectivity index is 2.60. The molecular weight excluding hydrogens is 232 g/mol. The van der Waals surface area contributed by atoms with Crippen molar-refractivity contribution in [1.82, 2.24) is 10.2 Å². The third-order valence-corrected chi connectivity index (χ3v) is 4.36. The molecule has 19 heavy (non-hydrogen) atoms. The summed E-state index contributed by atoms with van der Waals surface area (Å²) in [6.45, 7) is 17.8. The maximum atomic E-state index is 3.75. The summed E-state index contributed by atoms with van der Waals surface area (Å²) in [5, 5.41) is 3.75. The van der Waals surface area contributed by atoms with E-state index >= 15 is 0 Å². The topological polar surface area (TPSA) is 15.3 Å². The van der Waals surface area contributed by atoms with E-state index in [-0.39, 0.29) is 0 Å². The van der Waals surface area contributed by atoms with Crippen LogP contribution in [0, 0.1) is 11.3 Å². The summed E-state index contributed by atoms with van der Waals surface area (Å²) in [5.74, 6) is 0.858. The Morgan fingerprint density at radius 2 is 1.89 bits per heavy atom. The molecule has 0 radical (unpaired) electrons. The van der Waals surface area contributed by atoms with Crippen molar-refractivity contribution in [2.75, 3.05) is 19.6 Å². The third-order valence-electron chi connectivity index (χ3n) is 4.36. The molecule has 0 aromatic rings. The van der Waals surface area contributed by atoms with E-state index in [0.717, 1.165) is 12.0 Å². The number of piperidine rings is 1. The van der Waals surface area contributed by atoms with Gasteiger partial charge >= 0.3 is 0 Å². The molecule has 2 nitrogen and oxygen atoms in total. The minimum Gasteiger partial charge on any atom is -0.313 e. The highest BCUT2D eigenvalue weighted by molar-refractivity contribution is 4.87. The molecule has 0 spiro atoms. The molecule has 0 amide bonds. The standard InChI is InChI=1S/C17H36N2/c1-7-9-18-16-10-15(11-17(4,5)6)12-19(13-16)14(3)8-2/h14-16,18H,7-13H2,1-6H3. The van der Waals surface area contributed by atoms with Crippen LogP contribution in [0.4, 0.5) is 0 Å². The molecule has 0 bridgehead atoms. The maximum Gasteiger partial charge on any atom is 0.0198 e. The van der Waals surface area contributed by atoms with Gasteiger partial charge in [-0.3, -0.25) is 4.90 Å². The van der Waals surface area contributed by atoms with Crippen LogP contribution >= 0.6 is 0 Å². The van der Waals surface area contributed by atoms with Gasteiger partial charge in [0.15, 0.2) is 0 Å². The summed E-state index contributed by atoms with van der Waals surface area (Å²) >= 11 is 0. The smallest absolute Gasteiger partial charge is 0.0198 e. The van der Waals surface area contributed by atoms with Crippen molar-refractivity contribution in [2.24, 2.45) is 11.3 Å². The number of nitrogens with zero attached hydrogens (tertiary/aromatic N) is 1. The molecule has 0 aromatic carbocycles. The van der Waals surface area contributed by atoms with Crippen LogP contribution in [-0.4, -0.2) is 36.6 Å². The summed E-state index contributed by atoms with van der Waals surface area (Å²) in [6.07, 6.45) is 5.22. The first-order valence-electron chi connectivity index (χ1n) is 8.33. The zero-order valence-electron chi connectivity index (χ0n) is 14.1. The molecule has 1 rings (SSSR count). The first-order valence-corrected chi connectivity index (χ1v) is 8.33. The van der Waals surface area contributed by atoms with Gasteiger partial charge in [0.05, 0.1) is 0 Å². The van der Waals surface area contributed by atoms with E-state index in [1.807, 2.05) is 0 Å². The van der Waals surface area contributed by atoms with Gasteiger partial charge in [-0.25, -0.2) is 0 Å². The minimum absolute atomic E-state index is 0.457. The lowest BCUT2D eigenvalue weighted by atomic mass is 9.79. The van der Waals surface area contributed by atoms with Crippen molar-refractivity contribution in [3.63, 3.8) is 0 Å². The normalized spacial score (nSPS) is 27.5. The van der Waals surface area contributed by atoms with E-state index in [4.69, 9.17) is 0 Å². The molecule has 1 N–H and O–H groups in total. The molecule has 0 aliphatic carbocycles. The Morgan fingerprint density at radius 1 is 1.21 bits per heavy atom. The predicted octanol–water partition coefficient (Wildman–Crippen LogP) is 3.91. The monoisotopic (exact) mass is 268 g/mol. The average molecular weight is 268 g/mol. The average Bonchev–Trinajstić information content (AvgIpc) is 2.33. The Labute approximate surface area is 121 Å². The SMILES string of the molecule is CCCNC1CC(CC(C)(C)C)CN(C(C)CC)C1. The number of nitrogens with one attached hydrogen (secondary N) is 1. The first-order chi connectivity index (χ1) is 8.85.